The molecule has 12 heavy (non-hydrogen) atoms. The molecule has 0 N–H and O–H groups in total. The molecule has 0 aliphatic heterocycles. The Morgan fingerprint density at radius 2 is 1.83 bits per heavy atom. The molecule has 0 unspecified atom stereocenters. The summed E-state index contributed by atoms with van der Waals surface area (Å²) >= 11 is 0. The molecule has 70 valence electrons. The van der Waals surface area contributed by atoms with Crippen LogP contribution in [0.5, 0.6) is 0 Å². The van der Waals surface area contributed by atoms with Gasteiger partial charge in [-0.1, -0.05) is 0 Å². The highest BCUT2D eigenvalue weighted by molar-refractivity contribution is 5.53. The van der Waals surface area contributed by atoms with E-state index in [1.807, 2.05) is 0 Å². The molecule has 1 fully saturated rings. The first-order chi connectivity index (χ1) is 5.72. The highest BCUT2D eigenvalue weighted by atomic mass is 16.1. The van der Waals surface area contributed by atoms with Gasteiger partial charge in [-0.3, -0.25) is 0 Å². The Bertz CT molecular complexity index is 137. The van der Waals surface area contributed by atoms with Gasteiger partial charge in [0.2, 0.25) is 0 Å². The smallest absolute Gasteiger partial charge is 0.123 e. The van der Waals surface area contributed by atoms with E-state index in [9.17, 15) is 4.79 Å². The number of carbonyl (C=O) groups excluding carboxylic acids is 1. The van der Waals surface area contributed by atoms with Crippen molar-refractivity contribution in [3.8, 4) is 0 Å². The Kier molecular flexibility index (Phi) is 3.73. The van der Waals surface area contributed by atoms with Gasteiger partial charge < -0.3 is 9.69 Å². The molecule has 1 aliphatic carbocycles. The lowest BCUT2D eigenvalue weighted by Gasteiger charge is -2.27. The van der Waals surface area contributed by atoms with Crippen LogP contribution >= 0.6 is 0 Å². The zero-order valence-corrected chi connectivity index (χ0v) is 8.12. The largest absolute Gasteiger partial charge is 0.309 e. The van der Waals surface area contributed by atoms with Crippen LogP contribution in [0, 0.1) is 11.8 Å². The zero-order chi connectivity index (χ0) is 8.97. The molecule has 0 aromatic carbocycles. The van der Waals surface area contributed by atoms with E-state index in [1.165, 1.54) is 19.4 Å². The molecule has 0 saturated heterocycles. The monoisotopic (exact) mass is 169 g/mol. The van der Waals surface area contributed by atoms with E-state index in [1.54, 1.807) is 0 Å². The highest BCUT2D eigenvalue weighted by Crippen LogP contribution is 2.27. The maximum Gasteiger partial charge on any atom is 0.123 e. The molecule has 0 atom stereocenters. The third-order valence-electron chi connectivity index (χ3n) is 2.71. The van der Waals surface area contributed by atoms with E-state index in [2.05, 4.69) is 19.0 Å². The maximum absolute atomic E-state index is 10.5. The quantitative estimate of drug-likeness (QED) is 0.597. The average molecular weight is 169 g/mol. The summed E-state index contributed by atoms with van der Waals surface area (Å²) in [5, 5.41) is 0. The molecule has 2 heteroatoms. The zero-order valence-electron chi connectivity index (χ0n) is 8.12. The van der Waals surface area contributed by atoms with Gasteiger partial charge in [-0.2, -0.15) is 0 Å². The lowest BCUT2D eigenvalue weighted by Crippen LogP contribution is -2.25. The minimum atomic E-state index is 0.364. The maximum atomic E-state index is 10.5. The SMILES string of the molecule is CN(C)CC1CCC(C=O)CC1. The standard InChI is InChI=1S/C10H19NO/c1-11(2)7-9-3-5-10(8-12)6-4-9/h8-10H,3-7H2,1-2H3. The minimum Gasteiger partial charge on any atom is -0.309 e. The summed E-state index contributed by atoms with van der Waals surface area (Å²) in [4.78, 5) is 12.7. The number of hydrogen-bond donors (Lipinski definition) is 0. The molecule has 0 amide bonds. The molecule has 0 radical (unpaired) electrons. The normalized spacial score (nSPS) is 30.6. The van der Waals surface area contributed by atoms with Gasteiger partial charge in [0.15, 0.2) is 0 Å². The third-order valence-corrected chi connectivity index (χ3v) is 2.71. The van der Waals surface area contributed by atoms with Gasteiger partial charge in [0.25, 0.3) is 0 Å². The van der Waals surface area contributed by atoms with Gasteiger partial charge in [0.1, 0.15) is 6.29 Å². The van der Waals surface area contributed by atoms with Crippen molar-refractivity contribution < 1.29 is 4.79 Å². The molecule has 1 rings (SSSR count). The van der Waals surface area contributed by atoms with Crippen molar-refractivity contribution in [1.82, 2.24) is 4.90 Å². The fourth-order valence-corrected chi connectivity index (χ4v) is 2.02. The molecule has 0 heterocycles. The molecule has 2 nitrogen and oxygen atoms in total. The Morgan fingerprint density at radius 1 is 1.25 bits per heavy atom. The first-order valence-electron chi connectivity index (χ1n) is 4.82. The van der Waals surface area contributed by atoms with Crippen LogP contribution in [-0.2, 0) is 4.79 Å². The van der Waals surface area contributed by atoms with Gasteiger partial charge in [0.05, 0.1) is 0 Å². The number of aldehydes is 1. The van der Waals surface area contributed by atoms with Gasteiger partial charge >= 0.3 is 0 Å². The molecule has 0 aromatic heterocycles. The average Bonchev–Trinajstić information content (AvgIpc) is 2.05. The van der Waals surface area contributed by atoms with E-state index < -0.39 is 0 Å². The lowest BCUT2D eigenvalue weighted by atomic mass is 9.82. The van der Waals surface area contributed by atoms with Crippen molar-refractivity contribution >= 4 is 6.29 Å². The van der Waals surface area contributed by atoms with Gasteiger partial charge in [-0.25, -0.2) is 0 Å². The van der Waals surface area contributed by atoms with Crippen LogP contribution in [-0.4, -0.2) is 31.8 Å². The van der Waals surface area contributed by atoms with Gasteiger partial charge in [-0.05, 0) is 45.7 Å². The Hall–Kier alpha value is -0.370. The molecule has 1 saturated carbocycles. The van der Waals surface area contributed by atoms with Crippen molar-refractivity contribution in [3.63, 3.8) is 0 Å². The summed E-state index contributed by atoms with van der Waals surface area (Å²) < 4.78 is 0. The summed E-state index contributed by atoms with van der Waals surface area (Å²) in [5.74, 6) is 1.19. The molecule has 1 aliphatic rings. The van der Waals surface area contributed by atoms with Crippen LogP contribution < -0.4 is 0 Å². The van der Waals surface area contributed by atoms with Crippen LogP contribution in [0.4, 0.5) is 0 Å². The fraction of sp³-hybridized carbons (Fsp3) is 0.900. The molecular weight excluding hydrogens is 150 g/mol. The van der Waals surface area contributed by atoms with Crippen LogP contribution in [0.15, 0.2) is 0 Å². The van der Waals surface area contributed by atoms with Crippen molar-refractivity contribution in [3.05, 3.63) is 0 Å². The topological polar surface area (TPSA) is 20.3 Å². The van der Waals surface area contributed by atoms with E-state index in [0.29, 0.717) is 5.92 Å². The molecular formula is C10H19NO. The first-order valence-corrected chi connectivity index (χ1v) is 4.82. The third kappa shape index (κ3) is 2.94. The van der Waals surface area contributed by atoms with Gasteiger partial charge in [-0.15, -0.1) is 0 Å². The molecule has 0 aromatic rings. The van der Waals surface area contributed by atoms with E-state index in [-0.39, 0.29) is 0 Å². The molecule has 0 spiro atoms. The number of rotatable bonds is 3. The highest BCUT2D eigenvalue weighted by Gasteiger charge is 2.20. The van der Waals surface area contributed by atoms with Gasteiger partial charge in [0, 0.05) is 12.5 Å². The minimum absolute atomic E-state index is 0.364. The molecule has 0 bridgehead atoms. The summed E-state index contributed by atoms with van der Waals surface area (Å²) in [6, 6.07) is 0. The van der Waals surface area contributed by atoms with Crippen LogP contribution in [0.2, 0.25) is 0 Å². The predicted octanol–water partition coefficient (Wildman–Crippen LogP) is 1.55. The Balaban J connectivity index is 2.21. The van der Waals surface area contributed by atoms with Crippen LogP contribution in [0.1, 0.15) is 25.7 Å². The Morgan fingerprint density at radius 3 is 2.25 bits per heavy atom. The number of carbonyl (C=O) groups is 1. The summed E-state index contributed by atoms with van der Waals surface area (Å²) in [7, 11) is 4.23. The van der Waals surface area contributed by atoms with Crippen molar-refractivity contribution in [2.24, 2.45) is 11.8 Å². The summed E-state index contributed by atoms with van der Waals surface area (Å²) in [5.41, 5.74) is 0. The lowest BCUT2D eigenvalue weighted by molar-refractivity contribution is -0.112. The van der Waals surface area contributed by atoms with Crippen LogP contribution in [0.3, 0.4) is 0 Å². The van der Waals surface area contributed by atoms with Crippen molar-refractivity contribution in [2.75, 3.05) is 20.6 Å². The van der Waals surface area contributed by atoms with E-state index in [4.69, 9.17) is 0 Å². The number of nitrogens with zero attached hydrogens (tertiary/aromatic N) is 1. The second kappa shape index (κ2) is 4.61. The van der Waals surface area contributed by atoms with E-state index >= 15 is 0 Å². The first kappa shape index (κ1) is 9.72. The number of hydrogen-bond acceptors (Lipinski definition) is 2. The second-order valence-electron chi connectivity index (χ2n) is 4.18. The second-order valence-corrected chi connectivity index (χ2v) is 4.18. The Labute approximate surface area is 74.9 Å². The van der Waals surface area contributed by atoms with Crippen molar-refractivity contribution in [2.45, 2.75) is 25.7 Å². The van der Waals surface area contributed by atoms with Crippen LogP contribution in [0.25, 0.3) is 0 Å². The van der Waals surface area contributed by atoms with Crippen molar-refractivity contribution in [1.29, 1.82) is 0 Å². The van der Waals surface area contributed by atoms with E-state index in [0.717, 1.165) is 25.0 Å². The summed E-state index contributed by atoms with van der Waals surface area (Å²) in [6.45, 7) is 1.19. The predicted molar refractivity (Wildman–Crippen MR) is 50.1 cm³/mol. The summed E-state index contributed by atoms with van der Waals surface area (Å²) in [6.07, 6.45) is 5.83. The fourth-order valence-electron chi connectivity index (χ4n) is 2.02.